The molecule has 112 valence electrons. The van der Waals surface area contributed by atoms with E-state index in [2.05, 4.69) is 21.2 Å². The third kappa shape index (κ3) is 3.23. The van der Waals surface area contributed by atoms with Crippen LogP contribution >= 0.6 is 15.9 Å². The highest BCUT2D eigenvalue weighted by Crippen LogP contribution is 2.28. The van der Waals surface area contributed by atoms with Crippen molar-refractivity contribution in [2.24, 2.45) is 0 Å². The summed E-state index contributed by atoms with van der Waals surface area (Å²) >= 11 is 3.37. The number of nitrogens with zero attached hydrogens (tertiary/aromatic N) is 1. The Kier molecular flexibility index (Phi) is 5.19. The van der Waals surface area contributed by atoms with Crippen LogP contribution in [-0.4, -0.2) is 46.1 Å². The summed E-state index contributed by atoms with van der Waals surface area (Å²) < 4.78 is 32.5. The van der Waals surface area contributed by atoms with Crippen molar-refractivity contribution in [3.63, 3.8) is 0 Å². The van der Waals surface area contributed by atoms with Crippen molar-refractivity contribution < 1.29 is 13.2 Å². The van der Waals surface area contributed by atoms with Gasteiger partial charge >= 0.3 is 0 Å². The van der Waals surface area contributed by atoms with Crippen molar-refractivity contribution in [1.29, 1.82) is 0 Å². The monoisotopic (exact) mass is 362 g/mol. The fraction of sp³-hybridized carbons (Fsp3) is 0.538. The largest absolute Gasteiger partial charge is 0.380 e. The zero-order chi connectivity index (χ0) is 14.8. The number of ether oxygens (including phenoxy) is 1. The molecule has 0 bridgehead atoms. The van der Waals surface area contributed by atoms with Crippen molar-refractivity contribution in [2.45, 2.75) is 24.0 Å². The third-order valence-corrected chi connectivity index (χ3v) is 6.28. The van der Waals surface area contributed by atoms with Crippen LogP contribution in [0.15, 0.2) is 27.6 Å². The molecule has 1 fully saturated rings. The van der Waals surface area contributed by atoms with Gasteiger partial charge in [-0.2, -0.15) is 4.31 Å². The molecule has 2 rings (SSSR count). The SMILES string of the molecule is CNCc1ccc(S(=O)(=O)N2CCC(OC)C2)c(Br)c1. The van der Waals surface area contributed by atoms with Gasteiger partial charge in [-0.15, -0.1) is 0 Å². The Morgan fingerprint density at radius 1 is 1.50 bits per heavy atom. The highest BCUT2D eigenvalue weighted by Gasteiger charge is 2.33. The molecule has 1 heterocycles. The van der Waals surface area contributed by atoms with Crippen LogP contribution in [0.1, 0.15) is 12.0 Å². The van der Waals surface area contributed by atoms with E-state index in [9.17, 15) is 8.42 Å². The number of sulfonamides is 1. The molecule has 0 spiro atoms. The number of hydrogen-bond donors (Lipinski definition) is 1. The Hall–Kier alpha value is -0.470. The topological polar surface area (TPSA) is 58.6 Å². The van der Waals surface area contributed by atoms with E-state index in [0.717, 1.165) is 12.0 Å². The minimum absolute atomic E-state index is 0.00730. The van der Waals surface area contributed by atoms with Crippen LogP contribution in [-0.2, 0) is 21.3 Å². The second kappa shape index (κ2) is 6.53. The van der Waals surface area contributed by atoms with Crippen LogP contribution in [0, 0.1) is 0 Å². The zero-order valence-electron chi connectivity index (χ0n) is 11.6. The predicted octanol–water partition coefficient (Wildman–Crippen LogP) is 1.58. The molecule has 5 nitrogen and oxygen atoms in total. The molecular weight excluding hydrogens is 344 g/mol. The van der Waals surface area contributed by atoms with E-state index >= 15 is 0 Å². The van der Waals surface area contributed by atoms with Crippen molar-refractivity contribution in [3.8, 4) is 0 Å². The highest BCUT2D eigenvalue weighted by molar-refractivity contribution is 9.10. The standard InChI is InChI=1S/C13H19BrN2O3S/c1-15-8-10-3-4-13(12(14)7-10)20(17,18)16-6-5-11(9-16)19-2/h3-4,7,11,15H,5-6,8-9H2,1-2H3. The summed E-state index contributed by atoms with van der Waals surface area (Å²) in [6, 6.07) is 5.33. The van der Waals surface area contributed by atoms with Crippen LogP contribution in [0.25, 0.3) is 0 Å². The van der Waals surface area contributed by atoms with Crippen LogP contribution < -0.4 is 5.32 Å². The van der Waals surface area contributed by atoms with Crippen molar-refractivity contribution >= 4 is 26.0 Å². The average molecular weight is 363 g/mol. The number of benzene rings is 1. The van der Waals surface area contributed by atoms with Gasteiger partial charge in [-0.25, -0.2) is 8.42 Å². The molecule has 0 radical (unpaired) electrons. The van der Waals surface area contributed by atoms with Gasteiger partial charge in [0, 0.05) is 31.2 Å². The quantitative estimate of drug-likeness (QED) is 0.863. The van der Waals surface area contributed by atoms with Gasteiger partial charge in [0.1, 0.15) is 0 Å². The molecule has 1 N–H and O–H groups in total. The zero-order valence-corrected chi connectivity index (χ0v) is 14.0. The number of hydrogen-bond acceptors (Lipinski definition) is 4. The lowest BCUT2D eigenvalue weighted by Gasteiger charge is -2.17. The van der Waals surface area contributed by atoms with Gasteiger partial charge in [-0.05, 0) is 47.1 Å². The van der Waals surface area contributed by atoms with E-state index in [1.54, 1.807) is 13.2 Å². The summed E-state index contributed by atoms with van der Waals surface area (Å²) in [5.41, 5.74) is 1.04. The Morgan fingerprint density at radius 3 is 2.80 bits per heavy atom. The first-order chi connectivity index (χ1) is 9.48. The molecule has 1 aliphatic rings. The van der Waals surface area contributed by atoms with Crippen molar-refractivity contribution in [1.82, 2.24) is 9.62 Å². The maximum absolute atomic E-state index is 12.6. The van der Waals surface area contributed by atoms with Gasteiger partial charge in [0.05, 0.1) is 11.0 Å². The van der Waals surface area contributed by atoms with Gasteiger partial charge in [0.25, 0.3) is 0 Å². The van der Waals surface area contributed by atoms with Crippen LogP contribution in [0.2, 0.25) is 0 Å². The van der Waals surface area contributed by atoms with E-state index in [1.807, 2.05) is 19.2 Å². The number of methoxy groups -OCH3 is 1. The molecule has 0 aliphatic carbocycles. The van der Waals surface area contributed by atoms with E-state index in [0.29, 0.717) is 29.0 Å². The van der Waals surface area contributed by atoms with Crippen LogP contribution in [0.5, 0.6) is 0 Å². The lowest BCUT2D eigenvalue weighted by molar-refractivity contribution is 0.115. The smallest absolute Gasteiger partial charge is 0.244 e. The van der Waals surface area contributed by atoms with E-state index < -0.39 is 10.0 Å². The Labute approximate surface area is 128 Å². The van der Waals surface area contributed by atoms with Gasteiger partial charge in [0.2, 0.25) is 10.0 Å². The first kappa shape index (κ1) is 15.9. The van der Waals surface area contributed by atoms with E-state index in [1.165, 1.54) is 4.31 Å². The molecule has 20 heavy (non-hydrogen) atoms. The molecule has 1 aromatic carbocycles. The number of halogens is 1. The highest BCUT2D eigenvalue weighted by atomic mass is 79.9. The maximum Gasteiger partial charge on any atom is 0.244 e. The molecule has 0 saturated carbocycles. The summed E-state index contributed by atoms with van der Waals surface area (Å²) in [6.07, 6.45) is 0.734. The number of nitrogens with one attached hydrogen (secondary N) is 1. The average Bonchev–Trinajstić information content (AvgIpc) is 2.88. The maximum atomic E-state index is 12.6. The minimum atomic E-state index is -3.46. The lowest BCUT2D eigenvalue weighted by Crippen LogP contribution is -2.30. The third-order valence-electron chi connectivity index (χ3n) is 3.44. The molecule has 1 unspecified atom stereocenters. The molecule has 1 saturated heterocycles. The molecular formula is C13H19BrN2O3S. The lowest BCUT2D eigenvalue weighted by atomic mass is 10.2. The van der Waals surface area contributed by atoms with Crippen molar-refractivity contribution in [3.05, 3.63) is 28.2 Å². The number of rotatable bonds is 5. The summed E-state index contributed by atoms with van der Waals surface area (Å²) in [6.45, 7) is 1.63. The Bertz CT molecular complexity index is 577. The first-order valence-corrected chi connectivity index (χ1v) is 8.68. The molecule has 7 heteroatoms. The first-order valence-electron chi connectivity index (χ1n) is 6.45. The summed E-state index contributed by atoms with van der Waals surface area (Å²) in [5.74, 6) is 0. The summed E-state index contributed by atoms with van der Waals surface area (Å²) in [7, 11) is 0.0111. The normalized spacial score (nSPS) is 20.4. The minimum Gasteiger partial charge on any atom is -0.380 e. The predicted molar refractivity (Wildman–Crippen MR) is 81.1 cm³/mol. The van der Waals surface area contributed by atoms with Gasteiger partial charge in [-0.3, -0.25) is 0 Å². The van der Waals surface area contributed by atoms with Gasteiger partial charge < -0.3 is 10.1 Å². The van der Waals surface area contributed by atoms with Gasteiger partial charge in [0.15, 0.2) is 0 Å². The molecule has 1 aliphatic heterocycles. The van der Waals surface area contributed by atoms with E-state index in [-0.39, 0.29) is 6.10 Å². The fourth-order valence-corrected chi connectivity index (χ4v) is 4.89. The summed E-state index contributed by atoms with van der Waals surface area (Å²) in [5, 5.41) is 3.04. The second-order valence-electron chi connectivity index (χ2n) is 4.80. The van der Waals surface area contributed by atoms with Gasteiger partial charge in [-0.1, -0.05) is 6.07 Å². The summed E-state index contributed by atoms with van der Waals surface area (Å²) in [4.78, 5) is 0.314. The molecule has 1 atom stereocenters. The fourth-order valence-electron chi connectivity index (χ4n) is 2.32. The van der Waals surface area contributed by atoms with Crippen molar-refractivity contribution in [2.75, 3.05) is 27.2 Å². The second-order valence-corrected chi connectivity index (χ2v) is 7.57. The molecule has 1 aromatic rings. The van der Waals surface area contributed by atoms with Crippen LogP contribution in [0.3, 0.4) is 0 Å². The Balaban J connectivity index is 2.26. The van der Waals surface area contributed by atoms with E-state index in [4.69, 9.17) is 4.74 Å². The van der Waals surface area contributed by atoms with Crippen LogP contribution in [0.4, 0.5) is 0 Å². The molecule has 0 aromatic heterocycles. The Morgan fingerprint density at radius 2 is 2.25 bits per heavy atom. The molecule has 0 amide bonds.